The van der Waals surface area contributed by atoms with E-state index in [-0.39, 0.29) is 0 Å². The second-order valence-corrected chi connectivity index (χ2v) is 6.39. The highest BCUT2D eigenvalue weighted by Crippen LogP contribution is 2.23. The molecule has 1 aliphatic rings. The van der Waals surface area contributed by atoms with Gasteiger partial charge in [0.25, 0.3) is 0 Å². The van der Waals surface area contributed by atoms with E-state index in [1.807, 2.05) is 0 Å². The van der Waals surface area contributed by atoms with E-state index >= 15 is 0 Å². The Labute approximate surface area is 101 Å². The Morgan fingerprint density at radius 3 is 2.38 bits per heavy atom. The Bertz CT molecular complexity index is 213. The van der Waals surface area contributed by atoms with Crippen molar-refractivity contribution >= 4 is 0 Å². The third-order valence-electron chi connectivity index (χ3n) is 3.97. The van der Waals surface area contributed by atoms with Gasteiger partial charge in [-0.2, -0.15) is 0 Å². The van der Waals surface area contributed by atoms with Crippen LogP contribution in [0.4, 0.5) is 0 Å². The van der Waals surface area contributed by atoms with Crippen LogP contribution in [-0.2, 0) is 0 Å². The van der Waals surface area contributed by atoms with Crippen molar-refractivity contribution in [1.29, 1.82) is 0 Å². The number of nitrogens with zero attached hydrogens (tertiary/aromatic N) is 2. The molecule has 0 aliphatic carbocycles. The monoisotopic (exact) mass is 227 g/mol. The fourth-order valence-electron chi connectivity index (χ4n) is 2.47. The van der Waals surface area contributed by atoms with E-state index in [2.05, 4.69) is 44.7 Å². The summed E-state index contributed by atoms with van der Waals surface area (Å²) in [6.45, 7) is 11.3. The molecule has 96 valence electrons. The molecule has 1 saturated heterocycles. The molecular formula is C13H29N3. The summed E-state index contributed by atoms with van der Waals surface area (Å²) < 4.78 is 0. The van der Waals surface area contributed by atoms with E-state index in [1.165, 1.54) is 26.1 Å². The van der Waals surface area contributed by atoms with Crippen LogP contribution in [0.25, 0.3) is 0 Å². The van der Waals surface area contributed by atoms with Crippen LogP contribution in [0.1, 0.15) is 27.2 Å². The average Bonchev–Trinajstić information content (AvgIpc) is 2.57. The highest BCUT2D eigenvalue weighted by molar-refractivity contribution is 4.87. The third-order valence-corrected chi connectivity index (χ3v) is 3.97. The molecule has 0 radical (unpaired) electrons. The number of likely N-dealkylation sites (N-methyl/N-ethyl adjacent to an activating group) is 1. The number of rotatable bonds is 5. The van der Waals surface area contributed by atoms with E-state index in [1.54, 1.807) is 0 Å². The summed E-state index contributed by atoms with van der Waals surface area (Å²) >= 11 is 0. The molecule has 1 heterocycles. The first-order chi connectivity index (χ1) is 7.35. The Morgan fingerprint density at radius 2 is 1.94 bits per heavy atom. The summed E-state index contributed by atoms with van der Waals surface area (Å²) in [7, 11) is 4.38. The van der Waals surface area contributed by atoms with Gasteiger partial charge in [0, 0.05) is 19.1 Å². The molecule has 0 spiro atoms. The molecule has 3 heteroatoms. The molecule has 1 fully saturated rings. The van der Waals surface area contributed by atoms with Gasteiger partial charge in [-0.05, 0) is 44.9 Å². The van der Waals surface area contributed by atoms with Gasteiger partial charge in [-0.1, -0.05) is 20.8 Å². The maximum Gasteiger partial charge on any atom is 0.0254 e. The first kappa shape index (κ1) is 13.9. The molecule has 0 aromatic rings. The van der Waals surface area contributed by atoms with Gasteiger partial charge in [0.1, 0.15) is 0 Å². The van der Waals surface area contributed by atoms with Crippen LogP contribution < -0.4 is 5.73 Å². The van der Waals surface area contributed by atoms with Gasteiger partial charge in [0.05, 0.1) is 0 Å². The summed E-state index contributed by atoms with van der Waals surface area (Å²) in [5.41, 5.74) is 6.06. The summed E-state index contributed by atoms with van der Waals surface area (Å²) in [4.78, 5) is 4.95. The van der Waals surface area contributed by atoms with Crippen LogP contribution in [0.2, 0.25) is 0 Å². The lowest BCUT2D eigenvalue weighted by atomic mass is 9.89. The highest BCUT2D eigenvalue weighted by atomic mass is 15.2. The topological polar surface area (TPSA) is 32.5 Å². The molecule has 0 saturated carbocycles. The Kier molecular flexibility index (Phi) is 4.77. The first-order valence-corrected chi connectivity index (χ1v) is 6.44. The van der Waals surface area contributed by atoms with Crippen LogP contribution in [0.5, 0.6) is 0 Å². The lowest BCUT2D eigenvalue weighted by Crippen LogP contribution is -2.35. The fourth-order valence-corrected chi connectivity index (χ4v) is 2.47. The fraction of sp³-hybridized carbons (Fsp3) is 1.00. The molecular weight excluding hydrogens is 198 g/mol. The number of hydrogen-bond acceptors (Lipinski definition) is 3. The normalized spacial score (nSPS) is 27.9. The second kappa shape index (κ2) is 5.48. The number of likely N-dealkylation sites (tertiary alicyclic amines) is 1. The average molecular weight is 227 g/mol. The van der Waals surface area contributed by atoms with Crippen molar-refractivity contribution in [3.05, 3.63) is 0 Å². The third kappa shape index (κ3) is 3.72. The Balaban J connectivity index is 2.36. The second-order valence-electron chi connectivity index (χ2n) is 6.39. The quantitative estimate of drug-likeness (QED) is 0.767. The zero-order valence-corrected chi connectivity index (χ0v) is 11.7. The molecule has 0 bridgehead atoms. The largest absolute Gasteiger partial charge is 0.330 e. The molecule has 3 nitrogen and oxygen atoms in total. The van der Waals surface area contributed by atoms with E-state index in [9.17, 15) is 0 Å². The van der Waals surface area contributed by atoms with Gasteiger partial charge in [0.15, 0.2) is 0 Å². The molecule has 16 heavy (non-hydrogen) atoms. The lowest BCUT2D eigenvalue weighted by Gasteiger charge is -2.26. The minimum absolute atomic E-state index is 0.291. The van der Waals surface area contributed by atoms with E-state index in [0.717, 1.165) is 18.5 Å². The Hall–Kier alpha value is -0.120. The number of hydrogen-bond donors (Lipinski definition) is 1. The molecule has 0 aromatic heterocycles. The maximum atomic E-state index is 5.77. The van der Waals surface area contributed by atoms with E-state index in [0.29, 0.717) is 5.41 Å². The summed E-state index contributed by atoms with van der Waals surface area (Å²) in [5.74, 6) is 0.788. The van der Waals surface area contributed by atoms with Crippen LogP contribution in [0.15, 0.2) is 0 Å². The standard InChI is InChI=1S/C13H29N3/c1-11-8-16(9-12(11)15(4)5)7-6-13(2,3)10-14/h11-12H,6-10,14H2,1-5H3. The maximum absolute atomic E-state index is 5.77. The molecule has 0 aromatic carbocycles. The minimum atomic E-state index is 0.291. The van der Waals surface area contributed by atoms with Crippen LogP contribution in [-0.4, -0.2) is 56.1 Å². The first-order valence-electron chi connectivity index (χ1n) is 6.44. The van der Waals surface area contributed by atoms with Crippen molar-refractivity contribution in [3.8, 4) is 0 Å². The number of nitrogens with two attached hydrogens (primary N) is 1. The lowest BCUT2D eigenvalue weighted by molar-refractivity contribution is 0.230. The SMILES string of the molecule is CC1CN(CCC(C)(C)CN)CC1N(C)C. The summed E-state index contributed by atoms with van der Waals surface area (Å²) in [5, 5.41) is 0. The smallest absolute Gasteiger partial charge is 0.0254 e. The predicted molar refractivity (Wildman–Crippen MR) is 70.5 cm³/mol. The molecule has 1 rings (SSSR count). The van der Waals surface area contributed by atoms with Crippen molar-refractivity contribution in [2.24, 2.45) is 17.1 Å². The van der Waals surface area contributed by atoms with Crippen molar-refractivity contribution in [3.63, 3.8) is 0 Å². The molecule has 2 N–H and O–H groups in total. The zero-order valence-electron chi connectivity index (χ0n) is 11.7. The van der Waals surface area contributed by atoms with Gasteiger partial charge in [-0.3, -0.25) is 0 Å². The van der Waals surface area contributed by atoms with E-state index in [4.69, 9.17) is 5.73 Å². The van der Waals surface area contributed by atoms with Gasteiger partial charge in [-0.25, -0.2) is 0 Å². The van der Waals surface area contributed by atoms with Crippen molar-refractivity contribution in [1.82, 2.24) is 9.80 Å². The van der Waals surface area contributed by atoms with Crippen LogP contribution >= 0.6 is 0 Å². The van der Waals surface area contributed by atoms with Crippen molar-refractivity contribution in [2.75, 3.05) is 40.3 Å². The van der Waals surface area contributed by atoms with Gasteiger partial charge in [0.2, 0.25) is 0 Å². The Morgan fingerprint density at radius 1 is 1.31 bits per heavy atom. The van der Waals surface area contributed by atoms with E-state index < -0.39 is 0 Å². The predicted octanol–water partition coefficient (Wildman–Crippen LogP) is 1.24. The summed E-state index contributed by atoms with van der Waals surface area (Å²) in [6, 6.07) is 0.723. The molecule has 2 unspecified atom stereocenters. The van der Waals surface area contributed by atoms with Gasteiger partial charge < -0.3 is 15.5 Å². The van der Waals surface area contributed by atoms with Crippen molar-refractivity contribution in [2.45, 2.75) is 33.2 Å². The molecule has 0 amide bonds. The van der Waals surface area contributed by atoms with Gasteiger partial charge >= 0.3 is 0 Å². The van der Waals surface area contributed by atoms with Crippen molar-refractivity contribution < 1.29 is 0 Å². The zero-order chi connectivity index (χ0) is 12.3. The minimum Gasteiger partial charge on any atom is -0.330 e. The molecule has 2 atom stereocenters. The van der Waals surface area contributed by atoms with Crippen LogP contribution in [0, 0.1) is 11.3 Å². The summed E-state index contributed by atoms with van der Waals surface area (Å²) in [6.07, 6.45) is 1.20. The van der Waals surface area contributed by atoms with Crippen LogP contribution in [0.3, 0.4) is 0 Å². The van der Waals surface area contributed by atoms with Gasteiger partial charge in [-0.15, -0.1) is 0 Å². The highest BCUT2D eigenvalue weighted by Gasteiger charge is 2.31. The molecule has 1 aliphatic heterocycles.